The van der Waals surface area contributed by atoms with Gasteiger partial charge in [-0.1, -0.05) is 30.3 Å². The van der Waals surface area contributed by atoms with E-state index in [9.17, 15) is 4.79 Å². The van der Waals surface area contributed by atoms with Crippen LogP contribution in [0.25, 0.3) is 0 Å². The highest BCUT2D eigenvalue weighted by molar-refractivity contribution is 5.77. The molecular formula is C15H22N2O. The molecule has 1 amide bonds. The Labute approximate surface area is 109 Å². The molecule has 1 unspecified atom stereocenters. The maximum Gasteiger partial charge on any atom is 0.223 e. The zero-order valence-electron chi connectivity index (χ0n) is 11.3. The first-order valence-electron chi connectivity index (χ1n) is 6.69. The number of carbonyl (C=O) groups is 1. The van der Waals surface area contributed by atoms with Crippen LogP contribution in [0, 0.1) is 0 Å². The highest BCUT2D eigenvalue weighted by Gasteiger charge is 2.24. The number of carbonyl (C=O) groups excluding carboxylic acids is 1. The Morgan fingerprint density at radius 3 is 2.67 bits per heavy atom. The Bertz CT molecular complexity index is 391. The van der Waals surface area contributed by atoms with Crippen LogP contribution in [0.15, 0.2) is 30.3 Å². The molecule has 98 valence electrons. The van der Waals surface area contributed by atoms with Crippen LogP contribution in [0.3, 0.4) is 0 Å². The lowest BCUT2D eigenvalue weighted by atomic mass is 10.1. The van der Waals surface area contributed by atoms with Crippen molar-refractivity contribution in [2.45, 2.75) is 25.8 Å². The molecule has 0 spiro atoms. The van der Waals surface area contributed by atoms with Gasteiger partial charge in [0.15, 0.2) is 0 Å². The maximum absolute atomic E-state index is 12.2. The summed E-state index contributed by atoms with van der Waals surface area (Å²) in [6, 6.07) is 10.6. The third kappa shape index (κ3) is 3.33. The number of benzene rings is 1. The summed E-state index contributed by atoms with van der Waals surface area (Å²) < 4.78 is 0. The van der Waals surface area contributed by atoms with E-state index in [2.05, 4.69) is 31.0 Å². The molecule has 0 aromatic heterocycles. The fourth-order valence-corrected chi connectivity index (χ4v) is 2.55. The molecule has 1 heterocycles. The Hall–Kier alpha value is -1.35. The number of rotatable bonds is 3. The van der Waals surface area contributed by atoms with E-state index in [4.69, 9.17) is 0 Å². The Morgan fingerprint density at radius 1 is 1.28 bits per heavy atom. The second-order valence-electron chi connectivity index (χ2n) is 5.18. The van der Waals surface area contributed by atoms with Gasteiger partial charge in [-0.2, -0.15) is 0 Å². The van der Waals surface area contributed by atoms with E-state index in [1.54, 1.807) is 0 Å². The van der Waals surface area contributed by atoms with Crippen molar-refractivity contribution in [3.05, 3.63) is 35.9 Å². The van der Waals surface area contributed by atoms with Gasteiger partial charge in [-0.25, -0.2) is 0 Å². The SMILES string of the molecule is CC1CN(C)CCN1C(=O)CCc1ccccc1. The van der Waals surface area contributed by atoms with Crippen molar-refractivity contribution in [3.8, 4) is 0 Å². The second-order valence-corrected chi connectivity index (χ2v) is 5.18. The number of piperazine rings is 1. The lowest BCUT2D eigenvalue weighted by Gasteiger charge is -2.38. The Balaban J connectivity index is 1.85. The van der Waals surface area contributed by atoms with Crippen LogP contribution in [0.5, 0.6) is 0 Å². The summed E-state index contributed by atoms with van der Waals surface area (Å²) >= 11 is 0. The van der Waals surface area contributed by atoms with Crippen LogP contribution in [0.4, 0.5) is 0 Å². The van der Waals surface area contributed by atoms with Crippen LogP contribution < -0.4 is 0 Å². The molecule has 3 heteroatoms. The summed E-state index contributed by atoms with van der Waals surface area (Å²) in [6.45, 7) is 4.97. The molecule has 0 saturated carbocycles. The topological polar surface area (TPSA) is 23.6 Å². The van der Waals surface area contributed by atoms with Crippen molar-refractivity contribution in [2.75, 3.05) is 26.7 Å². The fourth-order valence-electron chi connectivity index (χ4n) is 2.55. The van der Waals surface area contributed by atoms with Crippen LogP contribution in [-0.2, 0) is 11.2 Å². The standard InChI is InChI=1S/C15H22N2O/c1-13-12-16(2)10-11-17(13)15(18)9-8-14-6-4-3-5-7-14/h3-7,13H,8-12H2,1-2H3. The molecule has 3 nitrogen and oxygen atoms in total. The average molecular weight is 246 g/mol. The van der Waals surface area contributed by atoms with Crippen LogP contribution in [0.1, 0.15) is 18.9 Å². The van der Waals surface area contributed by atoms with E-state index >= 15 is 0 Å². The molecule has 2 rings (SSSR count). The second kappa shape index (κ2) is 6.01. The van der Waals surface area contributed by atoms with Crippen LogP contribution >= 0.6 is 0 Å². The van der Waals surface area contributed by atoms with E-state index in [0.717, 1.165) is 26.1 Å². The number of hydrogen-bond donors (Lipinski definition) is 0. The first-order chi connectivity index (χ1) is 8.66. The largest absolute Gasteiger partial charge is 0.337 e. The quantitative estimate of drug-likeness (QED) is 0.811. The van der Waals surface area contributed by atoms with Crippen LogP contribution in [-0.4, -0.2) is 48.4 Å². The highest BCUT2D eigenvalue weighted by atomic mass is 16.2. The van der Waals surface area contributed by atoms with E-state index in [1.165, 1.54) is 5.56 Å². The monoisotopic (exact) mass is 246 g/mol. The van der Waals surface area contributed by atoms with Crippen molar-refractivity contribution < 1.29 is 4.79 Å². The smallest absolute Gasteiger partial charge is 0.223 e. The average Bonchev–Trinajstić information content (AvgIpc) is 2.37. The lowest BCUT2D eigenvalue weighted by molar-refractivity contribution is -0.135. The Kier molecular flexibility index (Phi) is 4.37. The molecule has 0 N–H and O–H groups in total. The van der Waals surface area contributed by atoms with Crippen molar-refractivity contribution in [1.29, 1.82) is 0 Å². The van der Waals surface area contributed by atoms with E-state index < -0.39 is 0 Å². The molecule has 1 aliphatic heterocycles. The molecule has 1 aliphatic rings. The van der Waals surface area contributed by atoms with Gasteiger partial charge < -0.3 is 9.80 Å². The first kappa shape index (κ1) is 13.1. The minimum absolute atomic E-state index is 0.291. The van der Waals surface area contributed by atoms with Gasteiger partial charge in [-0.05, 0) is 26.0 Å². The number of nitrogens with zero attached hydrogens (tertiary/aromatic N) is 2. The van der Waals surface area contributed by atoms with Gasteiger partial charge in [-0.15, -0.1) is 0 Å². The van der Waals surface area contributed by atoms with Gasteiger partial charge in [0.05, 0.1) is 0 Å². The van der Waals surface area contributed by atoms with Crippen molar-refractivity contribution in [3.63, 3.8) is 0 Å². The highest BCUT2D eigenvalue weighted by Crippen LogP contribution is 2.11. The summed E-state index contributed by atoms with van der Waals surface area (Å²) in [5.74, 6) is 0.291. The van der Waals surface area contributed by atoms with E-state index in [0.29, 0.717) is 18.4 Å². The molecule has 0 aliphatic carbocycles. The molecule has 0 radical (unpaired) electrons. The lowest BCUT2D eigenvalue weighted by Crippen LogP contribution is -2.52. The van der Waals surface area contributed by atoms with E-state index in [1.807, 2.05) is 23.1 Å². The van der Waals surface area contributed by atoms with Crippen LogP contribution in [0.2, 0.25) is 0 Å². The normalized spacial score (nSPS) is 21.0. The summed E-state index contributed by atoms with van der Waals surface area (Å²) in [5.41, 5.74) is 1.24. The Morgan fingerprint density at radius 2 is 2.00 bits per heavy atom. The molecule has 1 aromatic rings. The van der Waals surface area contributed by atoms with Crippen molar-refractivity contribution in [2.24, 2.45) is 0 Å². The summed E-state index contributed by atoms with van der Waals surface area (Å²) in [5, 5.41) is 0. The first-order valence-corrected chi connectivity index (χ1v) is 6.69. The molecule has 0 bridgehead atoms. The minimum atomic E-state index is 0.291. The maximum atomic E-state index is 12.2. The van der Waals surface area contributed by atoms with Gasteiger partial charge in [0.2, 0.25) is 5.91 Å². The molecule has 1 saturated heterocycles. The zero-order valence-corrected chi connectivity index (χ0v) is 11.3. The molecule has 18 heavy (non-hydrogen) atoms. The van der Waals surface area contributed by atoms with Crippen molar-refractivity contribution in [1.82, 2.24) is 9.80 Å². The predicted molar refractivity (Wildman–Crippen MR) is 73.4 cm³/mol. The third-order valence-electron chi connectivity index (χ3n) is 3.62. The number of likely N-dealkylation sites (N-methyl/N-ethyl adjacent to an activating group) is 1. The van der Waals surface area contributed by atoms with Crippen molar-refractivity contribution >= 4 is 5.91 Å². The summed E-state index contributed by atoms with van der Waals surface area (Å²) in [4.78, 5) is 16.5. The van der Waals surface area contributed by atoms with Gasteiger partial charge in [0.1, 0.15) is 0 Å². The predicted octanol–water partition coefficient (Wildman–Crippen LogP) is 1.78. The number of hydrogen-bond acceptors (Lipinski definition) is 2. The van der Waals surface area contributed by atoms with Gasteiger partial charge in [-0.3, -0.25) is 4.79 Å². The zero-order chi connectivity index (χ0) is 13.0. The number of amides is 1. The molecular weight excluding hydrogens is 224 g/mol. The van der Waals surface area contributed by atoms with Gasteiger partial charge >= 0.3 is 0 Å². The fraction of sp³-hybridized carbons (Fsp3) is 0.533. The molecule has 1 fully saturated rings. The van der Waals surface area contributed by atoms with Gasteiger partial charge in [0, 0.05) is 32.1 Å². The minimum Gasteiger partial charge on any atom is -0.337 e. The van der Waals surface area contributed by atoms with Gasteiger partial charge in [0.25, 0.3) is 0 Å². The van der Waals surface area contributed by atoms with E-state index in [-0.39, 0.29) is 0 Å². The number of aryl methyl sites for hydroxylation is 1. The summed E-state index contributed by atoms with van der Waals surface area (Å²) in [7, 11) is 2.11. The summed E-state index contributed by atoms with van der Waals surface area (Å²) in [6.07, 6.45) is 1.47. The third-order valence-corrected chi connectivity index (χ3v) is 3.62. The molecule has 1 atom stereocenters. The molecule has 1 aromatic carbocycles.